The van der Waals surface area contributed by atoms with E-state index in [4.69, 9.17) is 0 Å². The molecule has 1 aliphatic carbocycles. The third-order valence-electron chi connectivity index (χ3n) is 2.89. The Morgan fingerprint density at radius 1 is 1.07 bits per heavy atom. The van der Waals surface area contributed by atoms with Crippen LogP contribution in [-0.4, -0.2) is 5.67 Å². The van der Waals surface area contributed by atoms with E-state index in [1.165, 1.54) is 0 Å². The summed E-state index contributed by atoms with van der Waals surface area (Å²) in [6.45, 7) is 1.91. The molecular formula is C14H14F. The molecule has 2 atom stereocenters. The molecule has 1 aromatic carbocycles. The zero-order valence-electron chi connectivity index (χ0n) is 8.73. The van der Waals surface area contributed by atoms with Gasteiger partial charge in [-0.15, -0.1) is 0 Å². The van der Waals surface area contributed by atoms with Crippen LogP contribution in [0.15, 0.2) is 54.6 Å². The van der Waals surface area contributed by atoms with Gasteiger partial charge in [0.05, 0.1) is 0 Å². The van der Waals surface area contributed by atoms with Crippen LogP contribution >= 0.6 is 0 Å². The minimum Gasteiger partial charge on any atom is -0.238 e. The maximum absolute atomic E-state index is 14.5. The molecule has 0 spiro atoms. The normalized spacial score (nSPS) is 26.5. The number of benzene rings is 1. The van der Waals surface area contributed by atoms with E-state index in [0.717, 1.165) is 5.56 Å². The fourth-order valence-corrected chi connectivity index (χ4v) is 1.81. The molecule has 0 N–H and O–H groups in total. The minimum absolute atomic E-state index is 0.153. The summed E-state index contributed by atoms with van der Waals surface area (Å²) in [6, 6.07) is 9.76. The van der Waals surface area contributed by atoms with Crippen LogP contribution in [0.25, 0.3) is 0 Å². The van der Waals surface area contributed by atoms with Crippen LogP contribution < -0.4 is 0 Å². The smallest absolute Gasteiger partial charge is 0.142 e. The van der Waals surface area contributed by atoms with Gasteiger partial charge in [-0.2, -0.15) is 0 Å². The summed E-state index contributed by atoms with van der Waals surface area (Å²) in [5.74, 6) is -0.153. The summed E-state index contributed by atoms with van der Waals surface area (Å²) < 4.78 is 14.5. The van der Waals surface area contributed by atoms with Crippen molar-refractivity contribution in [1.29, 1.82) is 0 Å². The summed E-state index contributed by atoms with van der Waals surface area (Å²) in [5, 5.41) is 0. The van der Waals surface area contributed by atoms with Crippen molar-refractivity contribution in [3.63, 3.8) is 0 Å². The molecule has 0 saturated heterocycles. The third-order valence-corrected chi connectivity index (χ3v) is 2.89. The van der Waals surface area contributed by atoms with Crippen molar-refractivity contribution in [2.24, 2.45) is 0 Å². The van der Waals surface area contributed by atoms with Gasteiger partial charge in [-0.05, 0) is 11.6 Å². The lowest BCUT2D eigenvalue weighted by molar-refractivity contribution is 0.239. The lowest BCUT2D eigenvalue weighted by Gasteiger charge is -2.29. The molecule has 0 fully saturated rings. The lowest BCUT2D eigenvalue weighted by atomic mass is 9.81. The molecule has 0 nitrogen and oxygen atoms in total. The highest BCUT2D eigenvalue weighted by Crippen LogP contribution is 2.36. The summed E-state index contributed by atoms with van der Waals surface area (Å²) in [4.78, 5) is 0. The highest BCUT2D eigenvalue weighted by molar-refractivity contribution is 5.34. The van der Waals surface area contributed by atoms with E-state index in [9.17, 15) is 4.39 Å². The SMILES string of the molecule is CC(c1ccccc1)C1(F)[CH]C=CC=C1. The van der Waals surface area contributed by atoms with Crippen LogP contribution in [0.5, 0.6) is 0 Å². The van der Waals surface area contributed by atoms with Crippen molar-refractivity contribution < 1.29 is 4.39 Å². The van der Waals surface area contributed by atoms with Crippen LogP contribution in [0.2, 0.25) is 0 Å². The highest BCUT2D eigenvalue weighted by atomic mass is 19.1. The molecule has 2 rings (SSSR count). The van der Waals surface area contributed by atoms with Crippen LogP contribution in [0.3, 0.4) is 0 Å². The first kappa shape index (κ1) is 10.2. The van der Waals surface area contributed by atoms with Gasteiger partial charge in [0.25, 0.3) is 0 Å². The van der Waals surface area contributed by atoms with Gasteiger partial charge < -0.3 is 0 Å². The topological polar surface area (TPSA) is 0 Å². The predicted octanol–water partition coefficient (Wildman–Crippen LogP) is 3.83. The summed E-state index contributed by atoms with van der Waals surface area (Å²) in [5.41, 5.74) is -0.327. The zero-order chi connectivity index (χ0) is 10.7. The van der Waals surface area contributed by atoms with E-state index >= 15 is 0 Å². The lowest BCUT2D eigenvalue weighted by Crippen LogP contribution is -2.28. The summed E-state index contributed by atoms with van der Waals surface area (Å²) in [7, 11) is 0. The molecule has 0 heterocycles. The molecule has 1 aliphatic rings. The minimum atomic E-state index is -1.35. The average molecular weight is 201 g/mol. The summed E-state index contributed by atoms with van der Waals surface area (Å²) >= 11 is 0. The molecule has 0 saturated carbocycles. The Bertz CT molecular complexity index is 378. The zero-order valence-corrected chi connectivity index (χ0v) is 8.73. The highest BCUT2D eigenvalue weighted by Gasteiger charge is 2.34. The van der Waals surface area contributed by atoms with E-state index in [1.54, 1.807) is 24.6 Å². The largest absolute Gasteiger partial charge is 0.238 e. The fraction of sp³-hybridized carbons (Fsp3) is 0.214. The number of rotatable bonds is 2. The number of halogens is 1. The molecule has 0 aromatic heterocycles. The molecule has 0 amide bonds. The molecule has 0 aliphatic heterocycles. The monoisotopic (exact) mass is 201 g/mol. The second-order valence-electron chi connectivity index (χ2n) is 3.87. The number of alkyl halides is 1. The van der Waals surface area contributed by atoms with Crippen molar-refractivity contribution in [1.82, 2.24) is 0 Å². The molecule has 0 bridgehead atoms. The average Bonchev–Trinajstić information content (AvgIpc) is 2.30. The van der Waals surface area contributed by atoms with Gasteiger partial charge in [0, 0.05) is 12.3 Å². The van der Waals surface area contributed by atoms with Crippen molar-refractivity contribution in [3.05, 3.63) is 66.6 Å². The number of hydrogen-bond acceptors (Lipinski definition) is 0. The molecule has 1 heteroatoms. The number of allylic oxidation sites excluding steroid dienone is 4. The summed E-state index contributed by atoms with van der Waals surface area (Å²) in [6.07, 6.45) is 8.60. The Morgan fingerprint density at radius 3 is 2.40 bits per heavy atom. The maximum Gasteiger partial charge on any atom is 0.142 e. The predicted molar refractivity (Wildman–Crippen MR) is 61.3 cm³/mol. The molecule has 1 radical (unpaired) electrons. The fourth-order valence-electron chi connectivity index (χ4n) is 1.81. The van der Waals surface area contributed by atoms with Gasteiger partial charge in [0.1, 0.15) is 5.67 Å². The van der Waals surface area contributed by atoms with Gasteiger partial charge in [-0.25, -0.2) is 4.39 Å². The second kappa shape index (κ2) is 4.01. The van der Waals surface area contributed by atoms with Gasteiger partial charge >= 0.3 is 0 Å². The number of hydrogen-bond donors (Lipinski definition) is 0. The van der Waals surface area contributed by atoms with Crippen LogP contribution in [-0.2, 0) is 0 Å². The molecule has 77 valence electrons. The molecule has 1 aromatic rings. The van der Waals surface area contributed by atoms with Crippen LogP contribution in [0.4, 0.5) is 4.39 Å². The van der Waals surface area contributed by atoms with E-state index in [1.807, 2.05) is 43.3 Å². The Morgan fingerprint density at radius 2 is 1.80 bits per heavy atom. The first-order valence-corrected chi connectivity index (χ1v) is 5.17. The van der Waals surface area contributed by atoms with Crippen molar-refractivity contribution in [2.75, 3.05) is 0 Å². The quantitative estimate of drug-likeness (QED) is 0.682. The van der Waals surface area contributed by atoms with Crippen molar-refractivity contribution in [2.45, 2.75) is 18.5 Å². The van der Waals surface area contributed by atoms with Gasteiger partial charge in [-0.1, -0.05) is 55.5 Å². The van der Waals surface area contributed by atoms with Gasteiger partial charge in [0.2, 0.25) is 0 Å². The van der Waals surface area contributed by atoms with Crippen molar-refractivity contribution >= 4 is 0 Å². The van der Waals surface area contributed by atoms with Gasteiger partial charge in [0.15, 0.2) is 0 Å². The van der Waals surface area contributed by atoms with E-state index in [-0.39, 0.29) is 5.92 Å². The Kier molecular flexibility index (Phi) is 2.72. The van der Waals surface area contributed by atoms with E-state index in [2.05, 4.69) is 0 Å². The van der Waals surface area contributed by atoms with Crippen molar-refractivity contribution in [3.8, 4) is 0 Å². The standard InChI is InChI=1S/C14H14F/c1-12(13-8-4-2-5-9-13)14(15)10-6-3-7-11-14/h2-12H,1H3. The first-order chi connectivity index (χ1) is 7.22. The Labute approximate surface area is 90.1 Å². The van der Waals surface area contributed by atoms with Crippen LogP contribution in [0, 0.1) is 6.42 Å². The second-order valence-corrected chi connectivity index (χ2v) is 3.87. The third kappa shape index (κ3) is 2.01. The van der Waals surface area contributed by atoms with E-state index < -0.39 is 5.67 Å². The molecule has 2 unspecified atom stereocenters. The Balaban J connectivity index is 2.24. The van der Waals surface area contributed by atoms with Gasteiger partial charge in [-0.3, -0.25) is 0 Å². The Hall–Kier alpha value is -1.37. The first-order valence-electron chi connectivity index (χ1n) is 5.17. The maximum atomic E-state index is 14.5. The molecule has 15 heavy (non-hydrogen) atoms. The molecular weight excluding hydrogens is 187 g/mol. The van der Waals surface area contributed by atoms with Crippen LogP contribution in [0.1, 0.15) is 18.4 Å². The van der Waals surface area contributed by atoms with E-state index in [0.29, 0.717) is 0 Å².